The van der Waals surface area contributed by atoms with Crippen molar-refractivity contribution in [2.75, 3.05) is 0 Å². The lowest BCUT2D eigenvalue weighted by molar-refractivity contribution is 0.410. The Morgan fingerprint density at radius 2 is 1.64 bits per heavy atom. The van der Waals surface area contributed by atoms with E-state index in [2.05, 4.69) is 11.4 Å². The van der Waals surface area contributed by atoms with Gasteiger partial charge < -0.3 is 0 Å². The van der Waals surface area contributed by atoms with Gasteiger partial charge in [-0.05, 0) is 31.6 Å². The van der Waals surface area contributed by atoms with Crippen molar-refractivity contribution >= 4 is 0 Å². The smallest absolute Gasteiger partial charge is 0.0983 e. The van der Waals surface area contributed by atoms with Gasteiger partial charge in [0.15, 0.2) is 0 Å². The maximum absolute atomic E-state index is 9.02. The van der Waals surface area contributed by atoms with Gasteiger partial charge in [0.2, 0.25) is 0 Å². The van der Waals surface area contributed by atoms with Gasteiger partial charge in [0.25, 0.3) is 0 Å². The summed E-state index contributed by atoms with van der Waals surface area (Å²) in [7, 11) is 0. The van der Waals surface area contributed by atoms with Crippen molar-refractivity contribution in [2.45, 2.75) is 63.5 Å². The van der Waals surface area contributed by atoms with Crippen molar-refractivity contribution in [2.24, 2.45) is 5.92 Å². The summed E-state index contributed by atoms with van der Waals surface area (Å²) < 4.78 is 0. The molecule has 2 heteroatoms. The van der Waals surface area contributed by atoms with Gasteiger partial charge in [0, 0.05) is 6.04 Å². The highest BCUT2D eigenvalue weighted by Gasteiger charge is 2.32. The minimum Gasteiger partial charge on any atom is -0.299 e. The van der Waals surface area contributed by atoms with Crippen LogP contribution in [0.3, 0.4) is 0 Å². The van der Waals surface area contributed by atoms with Crippen molar-refractivity contribution in [3.63, 3.8) is 0 Å². The SMILES string of the molecule is N#CC(NC1CCCCCC1)C1CC1. The number of hydrogen-bond acceptors (Lipinski definition) is 2. The summed E-state index contributed by atoms with van der Waals surface area (Å²) in [5, 5.41) is 12.6. The van der Waals surface area contributed by atoms with E-state index >= 15 is 0 Å². The maximum Gasteiger partial charge on any atom is 0.0983 e. The third-order valence-electron chi connectivity index (χ3n) is 3.50. The van der Waals surface area contributed by atoms with Gasteiger partial charge in [-0.2, -0.15) is 5.26 Å². The molecule has 2 fully saturated rings. The van der Waals surface area contributed by atoms with Gasteiger partial charge in [0.05, 0.1) is 12.1 Å². The summed E-state index contributed by atoms with van der Waals surface area (Å²) in [6, 6.07) is 3.20. The molecule has 1 unspecified atom stereocenters. The summed E-state index contributed by atoms with van der Waals surface area (Å²) in [6.07, 6.45) is 10.6. The third kappa shape index (κ3) is 2.72. The van der Waals surface area contributed by atoms with Crippen molar-refractivity contribution in [1.29, 1.82) is 5.26 Å². The van der Waals surface area contributed by atoms with Crippen molar-refractivity contribution in [3.8, 4) is 6.07 Å². The minimum atomic E-state index is 0.151. The highest BCUT2D eigenvalue weighted by atomic mass is 15.0. The quantitative estimate of drug-likeness (QED) is 0.698. The number of rotatable bonds is 3. The summed E-state index contributed by atoms with van der Waals surface area (Å²) in [6.45, 7) is 0. The second-order valence-electron chi connectivity index (χ2n) is 4.80. The molecule has 2 nitrogen and oxygen atoms in total. The molecule has 2 rings (SSSR count). The summed E-state index contributed by atoms with van der Waals surface area (Å²) in [5.41, 5.74) is 0. The monoisotopic (exact) mass is 192 g/mol. The Hall–Kier alpha value is -0.550. The second kappa shape index (κ2) is 4.79. The first-order chi connectivity index (χ1) is 6.90. The van der Waals surface area contributed by atoms with Crippen LogP contribution in [0.5, 0.6) is 0 Å². The number of hydrogen-bond donors (Lipinski definition) is 1. The Bertz CT molecular complexity index is 207. The molecule has 2 saturated carbocycles. The molecule has 2 aliphatic rings. The molecule has 2 aliphatic carbocycles. The Kier molecular flexibility index (Phi) is 3.42. The standard InChI is InChI=1S/C12H20N2/c13-9-12(10-7-8-10)14-11-5-3-1-2-4-6-11/h10-12,14H,1-8H2. The highest BCUT2D eigenvalue weighted by molar-refractivity contribution is 5.01. The Morgan fingerprint density at radius 1 is 1.00 bits per heavy atom. The number of nitrogens with one attached hydrogen (secondary N) is 1. The van der Waals surface area contributed by atoms with Crippen LogP contribution in [0.25, 0.3) is 0 Å². The van der Waals surface area contributed by atoms with Crippen LogP contribution in [-0.4, -0.2) is 12.1 Å². The van der Waals surface area contributed by atoms with E-state index in [9.17, 15) is 0 Å². The molecule has 1 N–H and O–H groups in total. The Labute approximate surface area is 86.7 Å². The molecule has 0 radical (unpaired) electrons. The first-order valence-electron chi connectivity index (χ1n) is 6.06. The summed E-state index contributed by atoms with van der Waals surface area (Å²) >= 11 is 0. The van der Waals surface area contributed by atoms with Crippen LogP contribution in [-0.2, 0) is 0 Å². The zero-order chi connectivity index (χ0) is 9.80. The van der Waals surface area contributed by atoms with Crippen LogP contribution in [0, 0.1) is 17.2 Å². The van der Waals surface area contributed by atoms with E-state index < -0.39 is 0 Å². The lowest BCUT2D eigenvalue weighted by Gasteiger charge is -2.19. The van der Waals surface area contributed by atoms with Crippen LogP contribution in [0.1, 0.15) is 51.4 Å². The fourth-order valence-corrected chi connectivity index (χ4v) is 2.41. The molecular formula is C12H20N2. The first-order valence-corrected chi connectivity index (χ1v) is 6.06. The molecular weight excluding hydrogens is 172 g/mol. The van der Waals surface area contributed by atoms with E-state index in [4.69, 9.17) is 5.26 Å². The minimum absolute atomic E-state index is 0.151. The van der Waals surface area contributed by atoms with Crippen LogP contribution in [0.4, 0.5) is 0 Å². The molecule has 0 aromatic rings. The van der Waals surface area contributed by atoms with E-state index in [0.717, 1.165) is 0 Å². The normalized spacial score (nSPS) is 26.5. The fourth-order valence-electron chi connectivity index (χ4n) is 2.41. The Morgan fingerprint density at radius 3 is 2.14 bits per heavy atom. The van der Waals surface area contributed by atoms with Crippen LogP contribution < -0.4 is 5.32 Å². The van der Waals surface area contributed by atoms with Gasteiger partial charge in [0.1, 0.15) is 0 Å². The van der Waals surface area contributed by atoms with Gasteiger partial charge >= 0.3 is 0 Å². The lowest BCUT2D eigenvalue weighted by atomic mass is 10.1. The van der Waals surface area contributed by atoms with Crippen molar-refractivity contribution in [1.82, 2.24) is 5.32 Å². The molecule has 0 amide bonds. The van der Waals surface area contributed by atoms with E-state index in [0.29, 0.717) is 12.0 Å². The lowest BCUT2D eigenvalue weighted by Crippen LogP contribution is -2.38. The van der Waals surface area contributed by atoms with Gasteiger partial charge in [-0.1, -0.05) is 25.7 Å². The zero-order valence-corrected chi connectivity index (χ0v) is 8.84. The van der Waals surface area contributed by atoms with Gasteiger partial charge in [-0.25, -0.2) is 0 Å². The Balaban J connectivity index is 1.79. The van der Waals surface area contributed by atoms with Gasteiger partial charge in [-0.3, -0.25) is 5.32 Å². The molecule has 78 valence electrons. The van der Waals surface area contributed by atoms with Crippen molar-refractivity contribution in [3.05, 3.63) is 0 Å². The van der Waals surface area contributed by atoms with E-state index in [-0.39, 0.29) is 6.04 Å². The molecule has 0 aliphatic heterocycles. The largest absolute Gasteiger partial charge is 0.299 e. The molecule has 1 atom stereocenters. The predicted octanol–water partition coefficient (Wildman–Crippen LogP) is 2.60. The highest BCUT2D eigenvalue weighted by Crippen LogP contribution is 2.33. The van der Waals surface area contributed by atoms with E-state index in [1.807, 2.05) is 0 Å². The average molecular weight is 192 g/mol. The third-order valence-corrected chi connectivity index (χ3v) is 3.50. The maximum atomic E-state index is 9.02. The fraction of sp³-hybridized carbons (Fsp3) is 0.917. The number of nitriles is 1. The molecule has 0 aromatic heterocycles. The van der Waals surface area contributed by atoms with Crippen LogP contribution in [0.2, 0.25) is 0 Å². The molecule has 0 aromatic carbocycles. The van der Waals surface area contributed by atoms with Gasteiger partial charge in [-0.15, -0.1) is 0 Å². The second-order valence-corrected chi connectivity index (χ2v) is 4.80. The molecule has 0 heterocycles. The van der Waals surface area contributed by atoms with Crippen LogP contribution >= 0.6 is 0 Å². The zero-order valence-electron chi connectivity index (χ0n) is 8.84. The molecule has 0 bridgehead atoms. The summed E-state index contributed by atoms with van der Waals surface area (Å²) in [5.74, 6) is 0.670. The first kappa shape index (κ1) is 9.98. The van der Waals surface area contributed by atoms with Crippen LogP contribution in [0.15, 0.2) is 0 Å². The van der Waals surface area contributed by atoms with E-state index in [1.54, 1.807) is 0 Å². The average Bonchev–Trinajstić information content (AvgIpc) is 3.01. The molecule has 0 spiro atoms. The number of nitrogens with zero attached hydrogens (tertiary/aromatic N) is 1. The molecule has 0 saturated heterocycles. The topological polar surface area (TPSA) is 35.8 Å². The van der Waals surface area contributed by atoms with Crippen molar-refractivity contribution < 1.29 is 0 Å². The van der Waals surface area contributed by atoms with E-state index in [1.165, 1.54) is 51.4 Å². The predicted molar refractivity (Wildman–Crippen MR) is 56.8 cm³/mol. The summed E-state index contributed by atoms with van der Waals surface area (Å²) in [4.78, 5) is 0. The molecule has 14 heavy (non-hydrogen) atoms.